The lowest BCUT2D eigenvalue weighted by atomic mass is 9.91. The number of carbonyl (C=O) groups excluding carboxylic acids is 2. The topological polar surface area (TPSA) is 65.1 Å². The molecule has 7 heteroatoms. The predicted molar refractivity (Wildman–Crippen MR) is 128 cm³/mol. The third-order valence-electron chi connectivity index (χ3n) is 6.13. The number of benzene rings is 3. The van der Waals surface area contributed by atoms with Crippen LogP contribution in [0, 0.1) is 5.82 Å². The standard InChI is InChI=1S/C28H28FNO5/c1-33-27(31)26-13-7-12-25(30(26)28(32)35-18-20-8-3-2-4-9-20)21-14-16-23(17-15-21)34-19-22-10-5-6-11-24(22)29/h2-6,8-11,14-17,25-26H,7,12-13,18-19H2,1H3/t25-,26+/m1/s1. The number of hydrogen-bond acceptors (Lipinski definition) is 5. The summed E-state index contributed by atoms with van der Waals surface area (Å²) in [6.45, 7) is 0.220. The van der Waals surface area contributed by atoms with Crippen LogP contribution in [0.15, 0.2) is 78.9 Å². The number of esters is 1. The molecule has 1 heterocycles. The summed E-state index contributed by atoms with van der Waals surface area (Å²) in [5.41, 5.74) is 2.19. The van der Waals surface area contributed by atoms with Crippen LogP contribution in [0.5, 0.6) is 5.75 Å². The number of rotatable bonds is 7. The van der Waals surface area contributed by atoms with Gasteiger partial charge < -0.3 is 14.2 Å². The Morgan fingerprint density at radius 2 is 1.63 bits per heavy atom. The smallest absolute Gasteiger partial charge is 0.411 e. The summed E-state index contributed by atoms with van der Waals surface area (Å²) in [5.74, 6) is -0.198. The quantitative estimate of drug-likeness (QED) is 0.402. The van der Waals surface area contributed by atoms with E-state index in [4.69, 9.17) is 14.2 Å². The van der Waals surface area contributed by atoms with E-state index >= 15 is 0 Å². The van der Waals surface area contributed by atoms with Gasteiger partial charge in [-0.25, -0.2) is 14.0 Å². The highest BCUT2D eigenvalue weighted by Gasteiger charge is 2.40. The van der Waals surface area contributed by atoms with E-state index < -0.39 is 18.1 Å². The number of piperidine rings is 1. The first kappa shape index (κ1) is 24.3. The summed E-state index contributed by atoms with van der Waals surface area (Å²) in [6, 6.07) is 22.1. The number of hydrogen-bond donors (Lipinski definition) is 0. The second-order valence-electron chi connectivity index (χ2n) is 8.38. The van der Waals surface area contributed by atoms with Gasteiger partial charge in [0, 0.05) is 5.56 Å². The van der Waals surface area contributed by atoms with Crippen molar-refractivity contribution in [1.82, 2.24) is 4.90 Å². The van der Waals surface area contributed by atoms with Gasteiger partial charge >= 0.3 is 12.1 Å². The molecule has 0 N–H and O–H groups in total. The number of likely N-dealkylation sites (tertiary alicyclic amines) is 1. The monoisotopic (exact) mass is 477 g/mol. The second-order valence-corrected chi connectivity index (χ2v) is 8.38. The van der Waals surface area contributed by atoms with Crippen molar-refractivity contribution in [3.8, 4) is 5.75 Å². The van der Waals surface area contributed by atoms with E-state index in [9.17, 15) is 14.0 Å². The molecule has 0 bridgehead atoms. The molecular weight excluding hydrogens is 449 g/mol. The molecule has 1 fully saturated rings. The lowest BCUT2D eigenvalue weighted by molar-refractivity contribution is -0.149. The molecule has 2 atom stereocenters. The van der Waals surface area contributed by atoms with E-state index in [1.54, 1.807) is 30.3 Å². The summed E-state index contributed by atoms with van der Waals surface area (Å²) in [5, 5.41) is 0. The molecule has 1 aliphatic heterocycles. The first-order valence-corrected chi connectivity index (χ1v) is 11.6. The molecule has 0 aliphatic carbocycles. The molecule has 1 saturated heterocycles. The molecule has 0 unspecified atom stereocenters. The first-order valence-electron chi connectivity index (χ1n) is 11.6. The Kier molecular flexibility index (Phi) is 7.98. The molecule has 0 spiro atoms. The molecule has 1 amide bonds. The summed E-state index contributed by atoms with van der Waals surface area (Å²) < 4.78 is 30.2. The van der Waals surface area contributed by atoms with Gasteiger partial charge in [-0.15, -0.1) is 0 Å². The van der Waals surface area contributed by atoms with Crippen molar-refractivity contribution in [2.45, 2.75) is 44.6 Å². The maximum absolute atomic E-state index is 13.9. The third kappa shape index (κ3) is 5.98. The van der Waals surface area contributed by atoms with Gasteiger partial charge in [-0.2, -0.15) is 0 Å². The molecule has 0 aromatic heterocycles. The molecule has 0 saturated carbocycles. The maximum Gasteiger partial charge on any atom is 0.411 e. The van der Waals surface area contributed by atoms with Crippen LogP contribution in [0.25, 0.3) is 0 Å². The van der Waals surface area contributed by atoms with Crippen LogP contribution >= 0.6 is 0 Å². The Hall–Kier alpha value is -3.87. The molecule has 182 valence electrons. The zero-order chi connectivity index (χ0) is 24.6. The van der Waals surface area contributed by atoms with E-state index in [0.717, 1.165) is 17.5 Å². The number of carbonyl (C=O) groups is 2. The molecule has 4 rings (SSSR count). The highest BCUT2D eigenvalue weighted by molar-refractivity contribution is 5.82. The Morgan fingerprint density at radius 3 is 2.34 bits per heavy atom. The van der Waals surface area contributed by atoms with Crippen molar-refractivity contribution in [2.75, 3.05) is 7.11 Å². The van der Waals surface area contributed by atoms with E-state index in [1.807, 2.05) is 42.5 Å². The van der Waals surface area contributed by atoms with Crippen LogP contribution in [0.1, 0.15) is 42.0 Å². The van der Waals surface area contributed by atoms with Gasteiger partial charge in [0.1, 0.15) is 30.8 Å². The van der Waals surface area contributed by atoms with Crippen LogP contribution in [-0.4, -0.2) is 30.1 Å². The molecule has 3 aromatic carbocycles. The number of amides is 1. The van der Waals surface area contributed by atoms with E-state index in [0.29, 0.717) is 24.2 Å². The summed E-state index contributed by atoms with van der Waals surface area (Å²) >= 11 is 0. The minimum Gasteiger partial charge on any atom is -0.489 e. The van der Waals surface area contributed by atoms with Gasteiger partial charge in [-0.3, -0.25) is 4.90 Å². The van der Waals surface area contributed by atoms with Crippen molar-refractivity contribution in [3.63, 3.8) is 0 Å². The van der Waals surface area contributed by atoms with Crippen LogP contribution < -0.4 is 4.74 Å². The average Bonchev–Trinajstić information content (AvgIpc) is 2.91. The Labute approximate surface area is 204 Å². The van der Waals surface area contributed by atoms with Crippen LogP contribution in [0.2, 0.25) is 0 Å². The number of nitrogens with zero attached hydrogens (tertiary/aromatic N) is 1. The molecular formula is C28H28FNO5. The summed E-state index contributed by atoms with van der Waals surface area (Å²) in [6.07, 6.45) is 1.39. The van der Waals surface area contributed by atoms with Crippen LogP contribution in [0.3, 0.4) is 0 Å². The fourth-order valence-electron chi connectivity index (χ4n) is 4.31. The fourth-order valence-corrected chi connectivity index (χ4v) is 4.31. The Morgan fingerprint density at radius 1 is 0.914 bits per heavy atom. The minimum absolute atomic E-state index is 0.109. The zero-order valence-electron chi connectivity index (χ0n) is 19.6. The van der Waals surface area contributed by atoms with Gasteiger partial charge in [0.25, 0.3) is 0 Å². The van der Waals surface area contributed by atoms with E-state index in [2.05, 4.69) is 0 Å². The van der Waals surface area contributed by atoms with Crippen LogP contribution in [-0.2, 0) is 27.5 Å². The van der Waals surface area contributed by atoms with E-state index in [1.165, 1.54) is 18.1 Å². The minimum atomic E-state index is -0.723. The van der Waals surface area contributed by atoms with Crippen molar-refractivity contribution in [2.24, 2.45) is 0 Å². The average molecular weight is 478 g/mol. The Bertz CT molecular complexity index is 1140. The highest BCUT2D eigenvalue weighted by Crippen LogP contribution is 2.36. The van der Waals surface area contributed by atoms with Gasteiger partial charge in [-0.05, 0) is 48.6 Å². The van der Waals surface area contributed by atoms with Gasteiger partial charge in [0.2, 0.25) is 0 Å². The van der Waals surface area contributed by atoms with Crippen molar-refractivity contribution < 1.29 is 28.2 Å². The maximum atomic E-state index is 13.9. The molecule has 6 nitrogen and oxygen atoms in total. The third-order valence-corrected chi connectivity index (χ3v) is 6.13. The van der Waals surface area contributed by atoms with Gasteiger partial charge in [-0.1, -0.05) is 60.7 Å². The zero-order valence-corrected chi connectivity index (χ0v) is 19.6. The fraction of sp³-hybridized carbons (Fsp3) is 0.286. The Balaban J connectivity index is 1.49. The highest BCUT2D eigenvalue weighted by atomic mass is 19.1. The van der Waals surface area contributed by atoms with Crippen LogP contribution in [0.4, 0.5) is 9.18 Å². The molecule has 1 aliphatic rings. The predicted octanol–water partition coefficient (Wildman–Crippen LogP) is 5.81. The lowest BCUT2D eigenvalue weighted by Crippen LogP contribution is -2.50. The van der Waals surface area contributed by atoms with E-state index in [-0.39, 0.29) is 25.1 Å². The number of ether oxygens (including phenoxy) is 3. The molecule has 35 heavy (non-hydrogen) atoms. The molecule has 3 aromatic rings. The van der Waals surface area contributed by atoms with Gasteiger partial charge in [0.15, 0.2) is 0 Å². The largest absolute Gasteiger partial charge is 0.489 e. The normalized spacial score (nSPS) is 17.5. The number of methoxy groups -OCH3 is 1. The summed E-state index contributed by atoms with van der Waals surface area (Å²) in [7, 11) is 1.32. The lowest BCUT2D eigenvalue weighted by Gasteiger charge is -2.40. The SMILES string of the molecule is COC(=O)[C@@H]1CCC[C@H](c2ccc(OCc3ccccc3F)cc2)N1C(=O)OCc1ccccc1. The summed E-state index contributed by atoms with van der Waals surface area (Å²) in [4.78, 5) is 27.2. The van der Waals surface area contributed by atoms with Gasteiger partial charge in [0.05, 0.1) is 13.2 Å². The number of halogens is 1. The van der Waals surface area contributed by atoms with Crippen molar-refractivity contribution in [3.05, 3.63) is 101 Å². The van der Waals surface area contributed by atoms with Crippen molar-refractivity contribution >= 4 is 12.1 Å². The second kappa shape index (κ2) is 11.5. The van der Waals surface area contributed by atoms with Crippen molar-refractivity contribution in [1.29, 1.82) is 0 Å². The molecule has 0 radical (unpaired) electrons. The first-order chi connectivity index (χ1) is 17.1.